The van der Waals surface area contributed by atoms with Crippen LogP contribution in [0.5, 0.6) is 23.0 Å². The second-order valence-corrected chi connectivity index (χ2v) is 41.2. The molecule has 17 rings (SSSR count). The predicted molar refractivity (Wildman–Crippen MR) is 507 cm³/mol. The highest BCUT2D eigenvalue weighted by atomic mass is 32.2. The quantitative estimate of drug-likeness (QED) is 0.0295. The van der Waals surface area contributed by atoms with Gasteiger partial charge in [-0.25, -0.2) is 58.6 Å². The van der Waals surface area contributed by atoms with Crippen LogP contribution in [-0.4, -0.2) is 176 Å². The van der Waals surface area contributed by atoms with Crippen molar-refractivity contribution in [2.75, 3.05) is 44.4 Å². The minimum absolute atomic E-state index is 0.0852. The van der Waals surface area contributed by atoms with E-state index in [9.17, 15) is 52.8 Å². The Balaban J connectivity index is 0.000000143. The van der Waals surface area contributed by atoms with Gasteiger partial charge in [-0.05, 0) is 201 Å². The lowest BCUT2D eigenvalue weighted by molar-refractivity contribution is 0.0872. The second-order valence-electron chi connectivity index (χ2n) is 34.7. The number of sulfonamides is 4. The zero-order valence-corrected chi connectivity index (χ0v) is 77.5. The smallest absolute Gasteiger partial charge is 0.259 e. The number of pyridine rings is 3. The molecule has 7 aromatic carbocycles. The molecule has 0 atom stereocenters. The van der Waals surface area contributed by atoms with Gasteiger partial charge in [0.1, 0.15) is 102 Å². The molecular weight excluding hydrogens is 1780 g/mol. The number of rotatable bonds is 23. The van der Waals surface area contributed by atoms with E-state index in [1.807, 2.05) is 132 Å². The molecule has 4 amide bonds. The third-order valence-corrected chi connectivity index (χ3v) is 25.9. The van der Waals surface area contributed by atoms with E-state index in [0.717, 1.165) is 59.6 Å². The number of anilines is 1. The number of carbonyl (C=O) groups is 4. The number of nitrogens with zero attached hydrogens (tertiary/aromatic N) is 12. The number of fused-ring (bicyclic) bond motifs is 6. The SMILES string of the molecule is CC(C)(COc1cccc2c1C(N)=NS(=O)(=O)C2)NC(=O)c1ccccc1.CC(C)(COc1cccc2c1C(N)=NS(=O)(=O)C2)NC(=O)c1ccnc(-n2cnc3ccccc32)c1.CC(C)(COc1cccc2c1C(N)=NS(=O)(=O)C2)NC(=O)c1ccnc(N2CCCCC2)c1.Cc1nc2ccccc2n1-c1cc(C(=O)NC(C)(C)COc2cccc3c2C(N)=NS(=O)(=O)C3)ccn1. The van der Waals surface area contributed by atoms with Crippen molar-refractivity contribution in [3.8, 4) is 34.6 Å². The standard InChI is InChI=1S/C26H26N6O4S.C25H24N6O4S.C23H29N5O4S.C19H21N3O4S/c1-16-29-19-8-4-5-9-20(19)32(16)22-13-17(11-12-28-22)25(33)30-26(2,3)15-36-21-10-6-7-18-14-37(34,35)31-24(27)23(18)21;1-25(2,14-35-20-9-5-6-17-13-36(33,34)30-23(26)22(17)20)29-24(32)16-10-11-27-21(12-16)31-15-28-18-7-3-4-8-19(18)31;1-23(2,15-32-18-8-6-7-17-14-33(30,31)27-21(24)20(17)18)26-22(29)16-9-10-25-19(13-16)28-11-4-3-5-12-28;1-19(2,21-18(23)13-7-4-3-5-8-13)12-26-15-10-6-9-14-11-27(24,25)22-17(20)16(14)15/h4-13H,14-15H2,1-3H3,(H2,27,31)(H,30,33);3-12,15H,13-14H2,1-2H3,(H2,26,30)(H,29,32);6-10,13H,3-5,11-12,14-15H2,1-2H3,(H2,24,27)(H,26,29);3-10H,11-12H2,1-2H3,(H2,20,22)(H,21,23). The van der Waals surface area contributed by atoms with Gasteiger partial charge in [0, 0.05) is 53.9 Å². The Hall–Kier alpha value is -14.5. The lowest BCUT2D eigenvalue weighted by Crippen LogP contribution is -2.48. The number of carbonyl (C=O) groups excluding carboxylic acids is 4. The summed E-state index contributed by atoms with van der Waals surface area (Å²) in [4.78, 5) is 76.0. The van der Waals surface area contributed by atoms with Gasteiger partial charge in [-0.3, -0.25) is 28.3 Å². The number of ether oxygens (including phenoxy) is 4. The minimum Gasteiger partial charge on any atom is -0.490 e. The van der Waals surface area contributed by atoms with Gasteiger partial charge < -0.3 is 68.0 Å². The average Bonchev–Trinajstić information content (AvgIpc) is 1.34. The Bertz CT molecular complexity index is 7150. The fourth-order valence-electron chi connectivity index (χ4n) is 15.2. The number of hydrogen-bond acceptors (Lipinski definition) is 26. The number of benzene rings is 7. The van der Waals surface area contributed by atoms with E-state index in [-0.39, 0.29) is 96.4 Å². The number of amides is 4. The van der Waals surface area contributed by atoms with Crippen molar-refractivity contribution in [2.45, 2.75) is 127 Å². The molecule has 0 aliphatic carbocycles. The first-order chi connectivity index (χ1) is 62.9. The topological polar surface area (TPSA) is 521 Å². The minimum atomic E-state index is -3.65. The summed E-state index contributed by atoms with van der Waals surface area (Å²) in [6, 6.07) is 54.9. The third kappa shape index (κ3) is 23.5. The average molecular weight is 1880 g/mol. The molecule has 0 radical (unpaired) electrons. The normalized spacial score (nSPS) is 15.5. The Morgan fingerprint density at radius 1 is 0.361 bits per heavy atom. The van der Waals surface area contributed by atoms with Crippen molar-refractivity contribution >= 4 is 115 Å². The number of hydrogen-bond donors (Lipinski definition) is 8. The van der Waals surface area contributed by atoms with E-state index >= 15 is 0 Å². The van der Waals surface area contributed by atoms with Crippen LogP contribution in [0.3, 0.4) is 0 Å². The molecule has 40 heteroatoms. The third-order valence-electron chi connectivity index (χ3n) is 21.3. The largest absolute Gasteiger partial charge is 0.490 e. The van der Waals surface area contributed by atoms with Crippen molar-refractivity contribution < 1.29 is 71.8 Å². The van der Waals surface area contributed by atoms with Crippen LogP contribution in [-0.2, 0) is 63.1 Å². The van der Waals surface area contributed by atoms with E-state index in [1.54, 1.807) is 152 Å². The van der Waals surface area contributed by atoms with Crippen molar-refractivity contribution in [2.24, 2.45) is 40.5 Å². The molecule has 36 nitrogen and oxygen atoms in total. The molecule has 1 saturated heterocycles. The van der Waals surface area contributed by atoms with E-state index in [1.165, 1.54) is 6.42 Å². The summed E-state index contributed by atoms with van der Waals surface area (Å²) >= 11 is 0. The summed E-state index contributed by atoms with van der Waals surface area (Å²) in [7, 11) is -14.5. The number of aryl methyl sites for hydroxylation is 1. The molecule has 5 aliphatic heterocycles. The van der Waals surface area contributed by atoms with Gasteiger partial charge in [0.05, 0.1) is 89.5 Å². The molecule has 12 aromatic rings. The van der Waals surface area contributed by atoms with Crippen molar-refractivity contribution in [1.29, 1.82) is 0 Å². The molecule has 692 valence electrons. The second kappa shape index (κ2) is 38.5. The van der Waals surface area contributed by atoms with E-state index in [4.69, 9.17) is 41.9 Å². The summed E-state index contributed by atoms with van der Waals surface area (Å²) in [5, 5.41) is 11.9. The molecule has 0 bridgehead atoms. The number of piperidine rings is 1. The molecule has 1 fully saturated rings. The van der Waals surface area contributed by atoms with Crippen molar-refractivity contribution in [1.82, 2.24) is 55.3 Å². The van der Waals surface area contributed by atoms with Gasteiger partial charge in [-0.1, -0.05) is 91.0 Å². The van der Waals surface area contributed by atoms with Crippen LogP contribution in [0.15, 0.2) is 231 Å². The Morgan fingerprint density at radius 2 is 0.684 bits per heavy atom. The first kappa shape index (κ1) is 94.6. The molecule has 5 aromatic heterocycles. The van der Waals surface area contributed by atoms with E-state index in [0.29, 0.717) is 101 Å². The van der Waals surface area contributed by atoms with E-state index in [2.05, 4.69) is 68.7 Å². The van der Waals surface area contributed by atoms with Crippen LogP contribution in [0.2, 0.25) is 0 Å². The molecule has 5 aliphatic rings. The van der Waals surface area contributed by atoms with Gasteiger partial charge in [-0.15, -0.1) is 17.6 Å². The van der Waals surface area contributed by atoms with Crippen LogP contribution < -0.4 is 68.0 Å². The zero-order chi connectivity index (χ0) is 95.2. The number of nitrogens with one attached hydrogen (secondary N) is 4. The maximum atomic E-state index is 13.2. The number of para-hydroxylation sites is 4. The highest BCUT2D eigenvalue weighted by Crippen LogP contribution is 2.35. The van der Waals surface area contributed by atoms with E-state index < -0.39 is 62.2 Å². The van der Waals surface area contributed by atoms with Crippen molar-refractivity contribution in [3.05, 3.63) is 286 Å². The van der Waals surface area contributed by atoms with Gasteiger partial charge in [0.2, 0.25) is 0 Å². The summed E-state index contributed by atoms with van der Waals surface area (Å²) in [5.41, 5.74) is 30.2. The first-order valence-corrected chi connectivity index (χ1v) is 48.6. The first-order valence-electron chi connectivity index (χ1n) is 42.1. The maximum Gasteiger partial charge on any atom is 0.259 e. The van der Waals surface area contributed by atoms with Crippen LogP contribution in [0.1, 0.15) is 166 Å². The summed E-state index contributed by atoms with van der Waals surface area (Å²) in [5.74, 6) is 2.13. The van der Waals surface area contributed by atoms with Crippen LogP contribution in [0.4, 0.5) is 5.82 Å². The maximum absolute atomic E-state index is 13.2. The molecule has 0 saturated carbocycles. The predicted octanol–water partition coefficient (Wildman–Crippen LogP) is 9.45. The monoisotopic (exact) mass is 1880 g/mol. The fraction of sp³-hybridized carbons (Fsp3) is 0.280. The number of aromatic nitrogens is 7. The molecule has 133 heavy (non-hydrogen) atoms. The van der Waals surface area contributed by atoms with Gasteiger partial charge in [0.25, 0.3) is 63.7 Å². The van der Waals surface area contributed by atoms with Crippen LogP contribution in [0.25, 0.3) is 33.7 Å². The van der Waals surface area contributed by atoms with Crippen LogP contribution in [0, 0.1) is 6.92 Å². The van der Waals surface area contributed by atoms with Gasteiger partial charge in [-0.2, -0.15) is 0 Å². The molecule has 10 heterocycles. The number of amidine groups is 4. The van der Waals surface area contributed by atoms with Crippen molar-refractivity contribution in [3.63, 3.8) is 0 Å². The Morgan fingerprint density at radius 3 is 1.08 bits per heavy atom. The fourth-order valence-corrected chi connectivity index (χ4v) is 19.6. The highest BCUT2D eigenvalue weighted by molar-refractivity contribution is 7.90. The molecular formula is C93H100N20O16S4. The summed E-state index contributed by atoms with van der Waals surface area (Å²) in [6.07, 6.45) is 9.99. The molecule has 12 N–H and O–H groups in total. The Labute approximate surface area is 769 Å². The number of imidazole rings is 2. The van der Waals surface area contributed by atoms with Crippen LogP contribution >= 0.6 is 0 Å². The number of nitrogens with two attached hydrogens (primary N) is 4. The lowest BCUT2D eigenvalue weighted by atomic mass is 10.0. The summed E-state index contributed by atoms with van der Waals surface area (Å²) < 4.78 is 137. The zero-order valence-electron chi connectivity index (χ0n) is 74.2. The van der Waals surface area contributed by atoms with Gasteiger partial charge in [0.15, 0.2) is 0 Å². The molecule has 0 unspecified atom stereocenters. The Kier molecular flexibility index (Phi) is 27.4. The van der Waals surface area contributed by atoms with Gasteiger partial charge >= 0.3 is 0 Å². The highest BCUT2D eigenvalue weighted by Gasteiger charge is 2.35. The molecule has 0 spiro atoms. The lowest BCUT2D eigenvalue weighted by Gasteiger charge is -2.29. The summed E-state index contributed by atoms with van der Waals surface area (Å²) in [6.45, 7) is 19.0.